The second-order valence-electron chi connectivity index (χ2n) is 18.6. The van der Waals surface area contributed by atoms with Crippen molar-refractivity contribution in [2.45, 2.75) is 309 Å². The number of carbonyl (C=O) groups excluding carboxylic acids is 2. The molecule has 6 heteroatoms. The number of allylic oxidation sites excluding steroid dienone is 4. The minimum atomic E-state index is -0.792. The lowest BCUT2D eigenvalue weighted by molar-refractivity contribution is -0.150. The molecule has 3 atom stereocenters. The summed E-state index contributed by atoms with van der Waals surface area (Å²) in [6.45, 7) is 6.49. The van der Waals surface area contributed by atoms with Crippen molar-refractivity contribution in [2.24, 2.45) is 0 Å². The maximum absolute atomic E-state index is 13.2. The highest BCUT2D eigenvalue weighted by Crippen LogP contribution is 2.18. The lowest BCUT2D eigenvalue weighted by atomic mass is 10.0. The van der Waals surface area contributed by atoms with Crippen molar-refractivity contribution >= 4 is 11.9 Å². The van der Waals surface area contributed by atoms with Crippen LogP contribution in [0.15, 0.2) is 24.3 Å². The van der Waals surface area contributed by atoms with Gasteiger partial charge in [-0.2, -0.15) is 0 Å². The number of unbranched alkanes of at least 4 members (excludes halogenated alkanes) is 33. The summed E-state index contributed by atoms with van der Waals surface area (Å²) in [5.41, 5.74) is 0. The van der Waals surface area contributed by atoms with E-state index in [9.17, 15) is 19.8 Å². The average molecular weight is 860 g/mol. The van der Waals surface area contributed by atoms with Crippen molar-refractivity contribution in [3.8, 4) is 0 Å². The molecule has 0 spiro atoms. The summed E-state index contributed by atoms with van der Waals surface area (Å²) in [7, 11) is 0. The van der Waals surface area contributed by atoms with Gasteiger partial charge < -0.3 is 20.3 Å². The second kappa shape index (κ2) is 49.4. The third-order valence-corrected chi connectivity index (χ3v) is 12.5. The van der Waals surface area contributed by atoms with E-state index in [1.54, 1.807) is 0 Å². The molecule has 0 aromatic rings. The Hall–Kier alpha value is -1.66. The molecule has 0 saturated carbocycles. The molecule has 360 valence electrons. The van der Waals surface area contributed by atoms with Gasteiger partial charge in [0.05, 0.1) is 25.2 Å². The summed E-state index contributed by atoms with van der Waals surface area (Å²) in [5, 5.41) is 23.8. The number of aliphatic hydroxyl groups is 2. The quantitative estimate of drug-likeness (QED) is 0.0322. The van der Waals surface area contributed by atoms with Crippen LogP contribution < -0.4 is 5.32 Å². The first-order valence-corrected chi connectivity index (χ1v) is 27.1. The van der Waals surface area contributed by atoms with E-state index >= 15 is 0 Å². The first-order chi connectivity index (χ1) is 30.0. The van der Waals surface area contributed by atoms with Gasteiger partial charge in [0.1, 0.15) is 6.10 Å². The van der Waals surface area contributed by atoms with Crippen LogP contribution in [0.4, 0.5) is 0 Å². The van der Waals surface area contributed by atoms with Gasteiger partial charge in [0.2, 0.25) is 5.91 Å². The number of carbonyl (C=O) groups is 2. The predicted octanol–water partition coefficient (Wildman–Crippen LogP) is 16.3. The zero-order chi connectivity index (χ0) is 44.5. The van der Waals surface area contributed by atoms with Crippen LogP contribution in [0.5, 0.6) is 0 Å². The second-order valence-corrected chi connectivity index (χ2v) is 18.6. The van der Waals surface area contributed by atoms with Crippen LogP contribution in [0.25, 0.3) is 0 Å². The zero-order valence-electron chi connectivity index (χ0n) is 41.1. The molecule has 0 radical (unpaired) electrons. The maximum atomic E-state index is 13.2. The van der Waals surface area contributed by atoms with Crippen LogP contribution in [0.1, 0.15) is 290 Å². The number of ether oxygens (including phenoxy) is 1. The SMILES string of the molecule is CCCCCCCC/C=C\C/C=C/CCC(=O)OC(CCCCCCCCCCCCCCC)CC(=O)NC(CO)C(O)CCCCCCCCCCCCCCCCCC. The molecule has 0 saturated heterocycles. The van der Waals surface area contributed by atoms with Gasteiger partial charge in [0.15, 0.2) is 0 Å². The number of rotatable bonds is 49. The largest absolute Gasteiger partial charge is 0.462 e. The molecule has 3 N–H and O–H groups in total. The zero-order valence-corrected chi connectivity index (χ0v) is 41.1. The standard InChI is InChI=1S/C55H105NO5/c1-4-7-10-13-16-19-22-25-26-27-30-32-35-38-41-44-47-53(58)52(50-57)56-54(59)49-51(46-43-40-37-34-31-28-23-20-17-14-11-8-5-2)61-55(60)48-45-42-39-36-33-29-24-21-18-15-12-9-6-3/h29,33,39,42,51-53,57-58H,4-28,30-32,34-38,40-41,43-50H2,1-3H3,(H,56,59)/b33-29-,42-39+. The summed E-state index contributed by atoms with van der Waals surface area (Å²) in [4.78, 5) is 26.1. The van der Waals surface area contributed by atoms with Crippen molar-refractivity contribution in [1.82, 2.24) is 5.32 Å². The number of amides is 1. The van der Waals surface area contributed by atoms with E-state index < -0.39 is 18.2 Å². The van der Waals surface area contributed by atoms with E-state index in [-0.39, 0.29) is 24.9 Å². The van der Waals surface area contributed by atoms with Crippen LogP contribution in [0, 0.1) is 0 Å². The Kier molecular flexibility index (Phi) is 48.0. The lowest BCUT2D eigenvalue weighted by Gasteiger charge is -2.24. The van der Waals surface area contributed by atoms with Gasteiger partial charge in [-0.15, -0.1) is 0 Å². The van der Waals surface area contributed by atoms with Crippen LogP contribution >= 0.6 is 0 Å². The summed E-state index contributed by atoms with van der Waals surface area (Å²) >= 11 is 0. The van der Waals surface area contributed by atoms with Crippen molar-refractivity contribution in [3.05, 3.63) is 24.3 Å². The van der Waals surface area contributed by atoms with Gasteiger partial charge in [0.25, 0.3) is 0 Å². The molecule has 0 aliphatic heterocycles. The molecular weight excluding hydrogens is 755 g/mol. The molecule has 0 aliphatic rings. The van der Waals surface area contributed by atoms with E-state index in [0.717, 1.165) is 38.5 Å². The van der Waals surface area contributed by atoms with E-state index in [2.05, 4.69) is 50.4 Å². The molecule has 0 heterocycles. The highest BCUT2D eigenvalue weighted by molar-refractivity contribution is 5.77. The predicted molar refractivity (Wildman–Crippen MR) is 264 cm³/mol. The number of aliphatic hydroxyl groups excluding tert-OH is 2. The molecule has 61 heavy (non-hydrogen) atoms. The normalized spacial score (nSPS) is 13.3. The van der Waals surface area contributed by atoms with Crippen molar-refractivity contribution in [1.29, 1.82) is 0 Å². The molecule has 3 unspecified atom stereocenters. The van der Waals surface area contributed by atoms with Gasteiger partial charge >= 0.3 is 5.97 Å². The number of nitrogens with one attached hydrogen (secondary N) is 1. The lowest BCUT2D eigenvalue weighted by Crippen LogP contribution is -2.46. The Balaban J connectivity index is 4.55. The number of esters is 1. The van der Waals surface area contributed by atoms with Crippen LogP contribution in [-0.2, 0) is 14.3 Å². The fourth-order valence-corrected chi connectivity index (χ4v) is 8.43. The smallest absolute Gasteiger partial charge is 0.306 e. The minimum Gasteiger partial charge on any atom is -0.462 e. The van der Waals surface area contributed by atoms with E-state index in [0.29, 0.717) is 25.7 Å². The van der Waals surface area contributed by atoms with Crippen molar-refractivity contribution < 1.29 is 24.5 Å². The molecule has 0 aliphatic carbocycles. The van der Waals surface area contributed by atoms with Crippen molar-refractivity contribution in [2.75, 3.05) is 6.61 Å². The highest BCUT2D eigenvalue weighted by atomic mass is 16.5. The van der Waals surface area contributed by atoms with Crippen LogP contribution in [-0.4, -0.2) is 46.9 Å². The van der Waals surface area contributed by atoms with Gasteiger partial charge in [-0.05, 0) is 44.9 Å². The molecule has 0 aromatic heterocycles. The van der Waals surface area contributed by atoms with Crippen LogP contribution in [0.2, 0.25) is 0 Å². The monoisotopic (exact) mass is 860 g/mol. The molecule has 0 fully saturated rings. The van der Waals surface area contributed by atoms with Gasteiger partial charge in [0, 0.05) is 6.42 Å². The van der Waals surface area contributed by atoms with E-state index in [1.165, 1.54) is 199 Å². The molecule has 6 nitrogen and oxygen atoms in total. The van der Waals surface area contributed by atoms with E-state index in [1.807, 2.05) is 0 Å². The maximum Gasteiger partial charge on any atom is 0.306 e. The Morgan fingerprint density at radius 2 is 0.836 bits per heavy atom. The Morgan fingerprint density at radius 1 is 0.475 bits per heavy atom. The van der Waals surface area contributed by atoms with Gasteiger partial charge in [-0.25, -0.2) is 0 Å². The van der Waals surface area contributed by atoms with Crippen LogP contribution in [0.3, 0.4) is 0 Å². The first-order valence-electron chi connectivity index (χ1n) is 27.1. The first kappa shape index (κ1) is 59.3. The third kappa shape index (κ3) is 44.7. The summed E-state index contributed by atoms with van der Waals surface area (Å²) in [6, 6.07) is -0.707. The molecule has 1 amide bonds. The summed E-state index contributed by atoms with van der Waals surface area (Å²) in [6.07, 6.45) is 56.8. The average Bonchev–Trinajstić information content (AvgIpc) is 3.25. The third-order valence-electron chi connectivity index (χ3n) is 12.5. The fourth-order valence-electron chi connectivity index (χ4n) is 8.43. The van der Waals surface area contributed by atoms with E-state index in [4.69, 9.17) is 4.74 Å². The Bertz CT molecular complexity index is 966. The fraction of sp³-hybridized carbons (Fsp3) is 0.891. The Labute approximate surface area is 380 Å². The summed E-state index contributed by atoms with van der Waals surface area (Å²) in [5.74, 6) is -0.539. The van der Waals surface area contributed by atoms with Gasteiger partial charge in [-0.3, -0.25) is 9.59 Å². The molecule has 0 rings (SSSR count). The molecular formula is C55H105NO5. The number of hydrogen-bond acceptors (Lipinski definition) is 5. The molecule has 0 aromatic carbocycles. The summed E-state index contributed by atoms with van der Waals surface area (Å²) < 4.78 is 5.90. The Morgan fingerprint density at radius 3 is 1.25 bits per heavy atom. The topological polar surface area (TPSA) is 95.9 Å². The van der Waals surface area contributed by atoms with Gasteiger partial charge in [-0.1, -0.05) is 257 Å². The van der Waals surface area contributed by atoms with Crippen molar-refractivity contribution in [3.63, 3.8) is 0 Å². The highest BCUT2D eigenvalue weighted by Gasteiger charge is 2.24. The number of hydrogen-bond donors (Lipinski definition) is 3. The molecule has 0 bridgehead atoms. The minimum absolute atomic E-state index is 0.0610.